The monoisotopic (exact) mass is 387 g/mol. The average molecular weight is 388 g/mol. The van der Waals surface area contributed by atoms with E-state index in [-0.39, 0.29) is 18.8 Å². The molecule has 3 N–H and O–H groups in total. The highest BCUT2D eigenvalue weighted by atomic mass is 35.5. The van der Waals surface area contributed by atoms with Crippen molar-refractivity contribution >= 4 is 17.3 Å². The summed E-state index contributed by atoms with van der Waals surface area (Å²) < 4.78 is 5.91. The number of hydrogen-bond acceptors (Lipinski definition) is 4. The summed E-state index contributed by atoms with van der Waals surface area (Å²) in [7, 11) is 0. The van der Waals surface area contributed by atoms with Gasteiger partial charge in [0.05, 0.1) is 24.9 Å². The van der Waals surface area contributed by atoms with Crippen molar-refractivity contribution in [2.24, 2.45) is 0 Å². The van der Waals surface area contributed by atoms with Gasteiger partial charge >= 0.3 is 0 Å². The van der Waals surface area contributed by atoms with Crippen LogP contribution in [0.1, 0.15) is 54.5 Å². The second kappa shape index (κ2) is 8.98. The Morgan fingerprint density at radius 2 is 1.93 bits per heavy atom. The van der Waals surface area contributed by atoms with Gasteiger partial charge in [0.2, 0.25) is 0 Å². The Hall–Kier alpha value is -1.72. The molecule has 1 fully saturated rings. The lowest BCUT2D eigenvalue weighted by Gasteiger charge is -2.32. The number of aliphatic hydroxyl groups is 2. The molecule has 4 nitrogen and oxygen atoms in total. The molecule has 1 aliphatic heterocycles. The molecule has 2 aromatic carbocycles. The van der Waals surface area contributed by atoms with Crippen molar-refractivity contribution in [3.63, 3.8) is 0 Å². The molecule has 3 atom stereocenters. The van der Waals surface area contributed by atoms with E-state index in [0.717, 1.165) is 28.7 Å². The van der Waals surface area contributed by atoms with Crippen LogP contribution < -0.4 is 0 Å². The van der Waals surface area contributed by atoms with Crippen molar-refractivity contribution in [1.29, 1.82) is 5.41 Å². The molecule has 0 bridgehead atoms. The van der Waals surface area contributed by atoms with Crippen LogP contribution in [0.5, 0.6) is 0 Å². The summed E-state index contributed by atoms with van der Waals surface area (Å²) in [6.07, 6.45) is 1.34. The summed E-state index contributed by atoms with van der Waals surface area (Å²) in [5.41, 5.74) is 4.67. The fourth-order valence-corrected chi connectivity index (χ4v) is 3.69. The minimum Gasteiger partial charge on any atom is -0.394 e. The first-order valence-corrected chi connectivity index (χ1v) is 9.77. The summed E-state index contributed by atoms with van der Waals surface area (Å²) in [4.78, 5) is 0. The van der Waals surface area contributed by atoms with Crippen LogP contribution in [-0.2, 0) is 11.2 Å². The first kappa shape index (κ1) is 20.0. The fourth-order valence-electron chi connectivity index (χ4n) is 3.50. The normalized spacial score (nSPS) is 22.6. The molecule has 1 saturated heterocycles. The third-order valence-corrected chi connectivity index (χ3v) is 5.44. The van der Waals surface area contributed by atoms with Crippen LogP contribution in [0.2, 0.25) is 5.02 Å². The maximum Gasteiger partial charge on any atom is 0.0854 e. The average Bonchev–Trinajstić information content (AvgIpc) is 2.69. The number of halogens is 1. The van der Waals surface area contributed by atoms with E-state index in [0.29, 0.717) is 30.0 Å². The van der Waals surface area contributed by atoms with Crippen LogP contribution >= 0.6 is 11.6 Å². The van der Waals surface area contributed by atoms with Crippen molar-refractivity contribution in [1.82, 2.24) is 0 Å². The highest BCUT2D eigenvalue weighted by molar-refractivity contribution is 6.31. The van der Waals surface area contributed by atoms with Crippen molar-refractivity contribution in [2.45, 2.75) is 50.9 Å². The Labute approximate surface area is 165 Å². The largest absolute Gasteiger partial charge is 0.394 e. The van der Waals surface area contributed by atoms with Crippen molar-refractivity contribution in [2.75, 3.05) is 6.61 Å². The van der Waals surface area contributed by atoms with Crippen LogP contribution in [-0.4, -0.2) is 34.7 Å². The predicted octanol–water partition coefficient (Wildman–Crippen LogP) is 4.28. The van der Waals surface area contributed by atoms with Gasteiger partial charge in [0.1, 0.15) is 0 Å². The zero-order valence-electron chi connectivity index (χ0n) is 15.5. The van der Waals surface area contributed by atoms with Gasteiger partial charge in [-0.05, 0) is 41.2 Å². The van der Waals surface area contributed by atoms with Crippen LogP contribution in [0.25, 0.3) is 0 Å². The molecular formula is C22H26ClNO3. The molecule has 0 aromatic heterocycles. The Kier molecular flexibility index (Phi) is 6.66. The van der Waals surface area contributed by atoms with Crippen LogP contribution in [0.15, 0.2) is 42.5 Å². The third-order valence-electron chi connectivity index (χ3n) is 5.07. The lowest BCUT2D eigenvalue weighted by Crippen LogP contribution is -2.33. The zero-order valence-corrected chi connectivity index (χ0v) is 16.2. The topological polar surface area (TPSA) is 73.5 Å². The summed E-state index contributed by atoms with van der Waals surface area (Å²) in [6.45, 7) is 1.89. The summed E-state index contributed by atoms with van der Waals surface area (Å²) in [6, 6.07) is 13.8. The van der Waals surface area contributed by atoms with E-state index in [2.05, 4.69) is 0 Å². The standard InChI is InChI=1S/C22H26ClNO3/c1-2-21(24)15-5-3-14(4-6-15)9-17-10-16(7-8-20(17)23)22-12-18(26)11-19(13-25)27-22/h3-8,10,18-19,22,24-26H,2,9,11-13H2,1H3. The molecule has 0 spiro atoms. The number of nitrogens with one attached hydrogen (secondary N) is 1. The fraction of sp³-hybridized carbons (Fsp3) is 0.409. The first-order valence-electron chi connectivity index (χ1n) is 9.39. The van der Waals surface area contributed by atoms with E-state index in [1.807, 2.05) is 49.4 Å². The maximum atomic E-state index is 10.1. The predicted molar refractivity (Wildman–Crippen MR) is 108 cm³/mol. The molecule has 144 valence electrons. The smallest absolute Gasteiger partial charge is 0.0854 e. The number of ether oxygens (including phenoxy) is 1. The molecule has 3 unspecified atom stereocenters. The van der Waals surface area contributed by atoms with Crippen molar-refractivity contribution in [3.8, 4) is 0 Å². The molecule has 0 amide bonds. The molecule has 5 heteroatoms. The summed E-state index contributed by atoms with van der Waals surface area (Å²) in [5.74, 6) is 0. The summed E-state index contributed by atoms with van der Waals surface area (Å²) >= 11 is 6.41. The van der Waals surface area contributed by atoms with E-state index in [9.17, 15) is 10.2 Å². The molecule has 2 aromatic rings. The van der Waals surface area contributed by atoms with Gasteiger partial charge in [-0.1, -0.05) is 54.9 Å². The van der Waals surface area contributed by atoms with E-state index in [4.69, 9.17) is 21.7 Å². The number of benzene rings is 2. The van der Waals surface area contributed by atoms with E-state index in [1.54, 1.807) is 0 Å². The van der Waals surface area contributed by atoms with Gasteiger partial charge < -0.3 is 20.4 Å². The second-order valence-electron chi connectivity index (χ2n) is 7.11. The van der Waals surface area contributed by atoms with Gasteiger partial charge in [0.15, 0.2) is 0 Å². The zero-order chi connectivity index (χ0) is 19.4. The van der Waals surface area contributed by atoms with Gasteiger partial charge in [-0.15, -0.1) is 0 Å². The van der Waals surface area contributed by atoms with Gasteiger partial charge in [-0.2, -0.15) is 0 Å². The molecule has 3 rings (SSSR count). The van der Waals surface area contributed by atoms with Gasteiger partial charge in [-0.3, -0.25) is 0 Å². The number of aliphatic hydroxyl groups excluding tert-OH is 2. The maximum absolute atomic E-state index is 10.1. The van der Waals surface area contributed by atoms with E-state index in [1.165, 1.54) is 0 Å². The van der Waals surface area contributed by atoms with E-state index < -0.39 is 6.10 Å². The molecule has 1 heterocycles. The molecule has 27 heavy (non-hydrogen) atoms. The van der Waals surface area contributed by atoms with Gasteiger partial charge in [0.25, 0.3) is 0 Å². The lowest BCUT2D eigenvalue weighted by atomic mass is 9.94. The minimum atomic E-state index is -0.471. The van der Waals surface area contributed by atoms with Crippen LogP contribution in [0.4, 0.5) is 0 Å². The highest BCUT2D eigenvalue weighted by Gasteiger charge is 2.29. The Morgan fingerprint density at radius 3 is 2.59 bits per heavy atom. The highest BCUT2D eigenvalue weighted by Crippen LogP contribution is 2.33. The molecule has 0 aliphatic carbocycles. The number of rotatable bonds is 6. The quantitative estimate of drug-likeness (QED) is 0.647. The molecular weight excluding hydrogens is 362 g/mol. The Bertz CT molecular complexity index is 791. The van der Waals surface area contributed by atoms with Gasteiger partial charge in [-0.25, -0.2) is 0 Å². The third kappa shape index (κ3) is 4.96. The summed E-state index contributed by atoms with van der Waals surface area (Å²) in [5, 5.41) is 28.0. The van der Waals surface area contributed by atoms with Crippen molar-refractivity contribution < 1.29 is 14.9 Å². The van der Waals surface area contributed by atoms with E-state index >= 15 is 0 Å². The Morgan fingerprint density at radius 1 is 1.19 bits per heavy atom. The first-order chi connectivity index (χ1) is 13.0. The second-order valence-corrected chi connectivity index (χ2v) is 7.52. The molecule has 0 saturated carbocycles. The Balaban J connectivity index is 1.78. The molecule has 1 aliphatic rings. The van der Waals surface area contributed by atoms with Crippen LogP contribution in [0, 0.1) is 5.41 Å². The lowest BCUT2D eigenvalue weighted by molar-refractivity contribution is -0.113. The molecule has 0 radical (unpaired) electrons. The SMILES string of the molecule is CCC(=N)c1ccc(Cc2cc(C3CC(O)CC(CO)O3)ccc2Cl)cc1. The van der Waals surface area contributed by atoms with Crippen LogP contribution in [0.3, 0.4) is 0 Å². The van der Waals surface area contributed by atoms with Gasteiger partial charge in [0, 0.05) is 23.6 Å². The minimum absolute atomic E-state index is 0.0902. The van der Waals surface area contributed by atoms with Crippen molar-refractivity contribution in [3.05, 3.63) is 69.7 Å². The number of hydrogen-bond donors (Lipinski definition) is 3.